The van der Waals surface area contributed by atoms with Crippen LogP contribution in [0.5, 0.6) is 0 Å². The fourth-order valence-electron chi connectivity index (χ4n) is 1.59. The van der Waals surface area contributed by atoms with Crippen LogP contribution in [-0.2, 0) is 0 Å². The third kappa shape index (κ3) is 2.84. The number of nitrogens with one attached hydrogen (secondary N) is 1. The highest BCUT2D eigenvalue weighted by Crippen LogP contribution is 2.16. The quantitative estimate of drug-likeness (QED) is 0.595. The fraction of sp³-hybridized carbons (Fsp3) is 0.800. The summed E-state index contributed by atoms with van der Waals surface area (Å²) in [7, 11) is 0. The maximum Gasteiger partial charge on any atom is 0.0592 e. The maximum atomic E-state index is 9.58. The summed E-state index contributed by atoms with van der Waals surface area (Å²) >= 11 is 0. The van der Waals surface area contributed by atoms with Crippen molar-refractivity contribution >= 4 is 0 Å². The Kier molecular flexibility index (Phi) is 4.13. The molecule has 2 atom stereocenters. The van der Waals surface area contributed by atoms with Crippen LogP contribution in [0, 0.1) is 17.8 Å². The SMILES string of the molecule is CC#CCCC1CNCCC1O. The number of aliphatic hydroxyl groups is 1. The summed E-state index contributed by atoms with van der Waals surface area (Å²) in [5.41, 5.74) is 0. The van der Waals surface area contributed by atoms with Crippen LogP contribution in [0.15, 0.2) is 0 Å². The largest absolute Gasteiger partial charge is 0.393 e. The minimum Gasteiger partial charge on any atom is -0.393 e. The van der Waals surface area contributed by atoms with Gasteiger partial charge in [0.1, 0.15) is 0 Å². The van der Waals surface area contributed by atoms with Gasteiger partial charge in [-0.3, -0.25) is 0 Å². The number of rotatable bonds is 2. The van der Waals surface area contributed by atoms with Gasteiger partial charge in [-0.05, 0) is 32.2 Å². The Morgan fingerprint density at radius 2 is 2.42 bits per heavy atom. The molecule has 0 amide bonds. The second kappa shape index (κ2) is 5.18. The Hall–Kier alpha value is -0.520. The molecule has 0 spiro atoms. The van der Waals surface area contributed by atoms with Crippen molar-refractivity contribution in [2.24, 2.45) is 5.92 Å². The zero-order valence-corrected chi connectivity index (χ0v) is 7.64. The van der Waals surface area contributed by atoms with Crippen LogP contribution in [0.1, 0.15) is 26.2 Å². The average Bonchev–Trinajstić information content (AvgIpc) is 2.09. The fourth-order valence-corrected chi connectivity index (χ4v) is 1.59. The lowest BCUT2D eigenvalue weighted by molar-refractivity contribution is 0.0753. The molecule has 1 fully saturated rings. The lowest BCUT2D eigenvalue weighted by Gasteiger charge is -2.27. The number of aliphatic hydroxyl groups excluding tert-OH is 1. The number of piperidine rings is 1. The van der Waals surface area contributed by atoms with Crippen molar-refractivity contribution in [1.29, 1.82) is 0 Å². The first-order chi connectivity index (χ1) is 5.84. The molecular weight excluding hydrogens is 150 g/mol. The van der Waals surface area contributed by atoms with E-state index in [-0.39, 0.29) is 6.10 Å². The summed E-state index contributed by atoms with van der Waals surface area (Å²) in [6.07, 6.45) is 2.73. The molecule has 12 heavy (non-hydrogen) atoms. The highest BCUT2D eigenvalue weighted by molar-refractivity contribution is 4.95. The van der Waals surface area contributed by atoms with E-state index < -0.39 is 0 Å². The molecule has 1 aliphatic rings. The molecule has 1 heterocycles. The molecule has 0 aromatic carbocycles. The Morgan fingerprint density at radius 3 is 3.08 bits per heavy atom. The van der Waals surface area contributed by atoms with Crippen molar-refractivity contribution in [2.75, 3.05) is 13.1 Å². The maximum absolute atomic E-state index is 9.58. The molecule has 2 N–H and O–H groups in total. The third-order valence-electron chi connectivity index (χ3n) is 2.38. The molecule has 0 aromatic heterocycles. The molecule has 2 heteroatoms. The van der Waals surface area contributed by atoms with Gasteiger partial charge in [-0.1, -0.05) is 0 Å². The third-order valence-corrected chi connectivity index (χ3v) is 2.38. The summed E-state index contributed by atoms with van der Waals surface area (Å²) in [5, 5.41) is 12.9. The van der Waals surface area contributed by atoms with Gasteiger partial charge in [0.25, 0.3) is 0 Å². The highest BCUT2D eigenvalue weighted by Gasteiger charge is 2.21. The lowest BCUT2D eigenvalue weighted by atomic mass is 9.92. The van der Waals surface area contributed by atoms with Gasteiger partial charge in [0, 0.05) is 13.0 Å². The highest BCUT2D eigenvalue weighted by atomic mass is 16.3. The van der Waals surface area contributed by atoms with Crippen molar-refractivity contribution in [3.8, 4) is 11.8 Å². The van der Waals surface area contributed by atoms with Gasteiger partial charge in [-0.25, -0.2) is 0 Å². The Morgan fingerprint density at radius 1 is 1.58 bits per heavy atom. The van der Waals surface area contributed by atoms with Gasteiger partial charge in [0.15, 0.2) is 0 Å². The average molecular weight is 167 g/mol. The molecule has 1 aliphatic heterocycles. The van der Waals surface area contributed by atoms with E-state index in [0.29, 0.717) is 5.92 Å². The van der Waals surface area contributed by atoms with Crippen LogP contribution < -0.4 is 5.32 Å². The topological polar surface area (TPSA) is 32.3 Å². The van der Waals surface area contributed by atoms with Crippen LogP contribution in [0.3, 0.4) is 0 Å². The molecule has 0 aromatic rings. The van der Waals surface area contributed by atoms with Gasteiger partial charge >= 0.3 is 0 Å². The van der Waals surface area contributed by atoms with Crippen molar-refractivity contribution < 1.29 is 5.11 Å². The van der Waals surface area contributed by atoms with E-state index in [1.54, 1.807) is 0 Å². The van der Waals surface area contributed by atoms with Crippen molar-refractivity contribution in [3.05, 3.63) is 0 Å². The van der Waals surface area contributed by atoms with Gasteiger partial charge in [-0.2, -0.15) is 0 Å². The van der Waals surface area contributed by atoms with E-state index in [9.17, 15) is 5.11 Å². The minimum absolute atomic E-state index is 0.107. The first kappa shape index (κ1) is 9.57. The summed E-state index contributed by atoms with van der Waals surface area (Å²) in [5.74, 6) is 6.31. The zero-order chi connectivity index (χ0) is 8.81. The first-order valence-electron chi connectivity index (χ1n) is 4.63. The lowest BCUT2D eigenvalue weighted by Crippen LogP contribution is -2.39. The first-order valence-corrected chi connectivity index (χ1v) is 4.63. The van der Waals surface area contributed by atoms with E-state index in [0.717, 1.165) is 32.4 Å². The van der Waals surface area contributed by atoms with Gasteiger partial charge in [0.2, 0.25) is 0 Å². The van der Waals surface area contributed by atoms with Crippen molar-refractivity contribution in [1.82, 2.24) is 5.32 Å². The Labute approximate surface area is 74.4 Å². The summed E-state index contributed by atoms with van der Waals surface area (Å²) in [6, 6.07) is 0. The van der Waals surface area contributed by atoms with Gasteiger partial charge < -0.3 is 10.4 Å². The van der Waals surface area contributed by atoms with Crippen molar-refractivity contribution in [3.63, 3.8) is 0 Å². The van der Waals surface area contributed by atoms with Crippen molar-refractivity contribution in [2.45, 2.75) is 32.3 Å². The molecule has 1 rings (SSSR count). The van der Waals surface area contributed by atoms with E-state index in [4.69, 9.17) is 0 Å². The molecule has 68 valence electrons. The van der Waals surface area contributed by atoms with Crippen LogP contribution in [0.25, 0.3) is 0 Å². The standard InChI is InChI=1S/C10H17NO/c1-2-3-4-5-9-8-11-7-6-10(9)12/h9-12H,4-8H2,1H3. The van der Waals surface area contributed by atoms with E-state index in [1.807, 2.05) is 6.92 Å². The zero-order valence-electron chi connectivity index (χ0n) is 7.64. The summed E-state index contributed by atoms with van der Waals surface area (Å²) < 4.78 is 0. The van der Waals surface area contributed by atoms with E-state index >= 15 is 0 Å². The second-order valence-electron chi connectivity index (χ2n) is 3.29. The Bertz CT molecular complexity index is 180. The summed E-state index contributed by atoms with van der Waals surface area (Å²) in [6.45, 7) is 3.76. The van der Waals surface area contributed by atoms with E-state index in [1.165, 1.54) is 0 Å². The predicted octanol–water partition coefficient (Wildman–Crippen LogP) is 0.760. The van der Waals surface area contributed by atoms with Crippen LogP contribution in [0.4, 0.5) is 0 Å². The summed E-state index contributed by atoms with van der Waals surface area (Å²) in [4.78, 5) is 0. The molecule has 0 bridgehead atoms. The van der Waals surface area contributed by atoms with Crippen LogP contribution >= 0.6 is 0 Å². The second-order valence-corrected chi connectivity index (χ2v) is 3.29. The normalized spacial score (nSPS) is 29.2. The Balaban J connectivity index is 2.23. The predicted molar refractivity (Wildman–Crippen MR) is 49.7 cm³/mol. The smallest absolute Gasteiger partial charge is 0.0592 e. The molecular formula is C10H17NO. The monoisotopic (exact) mass is 167 g/mol. The number of hydrogen-bond acceptors (Lipinski definition) is 2. The molecule has 1 saturated heterocycles. The molecule has 0 aliphatic carbocycles. The van der Waals surface area contributed by atoms with Gasteiger partial charge in [-0.15, -0.1) is 11.8 Å². The van der Waals surface area contributed by atoms with Crippen LogP contribution in [0.2, 0.25) is 0 Å². The van der Waals surface area contributed by atoms with E-state index in [2.05, 4.69) is 17.2 Å². The molecule has 2 nitrogen and oxygen atoms in total. The van der Waals surface area contributed by atoms with Gasteiger partial charge in [0.05, 0.1) is 6.10 Å². The van der Waals surface area contributed by atoms with Crippen LogP contribution in [-0.4, -0.2) is 24.3 Å². The minimum atomic E-state index is -0.107. The molecule has 2 unspecified atom stereocenters. The molecule has 0 radical (unpaired) electrons. The number of hydrogen-bond donors (Lipinski definition) is 2. The molecule has 0 saturated carbocycles.